The maximum atomic E-state index is 4.21. The van der Waals surface area contributed by atoms with Gasteiger partial charge in [0, 0.05) is 5.75 Å². The topological polar surface area (TPSA) is 18.3 Å². The number of hydrogen-bond acceptors (Lipinski definition) is 3. The molecule has 1 fully saturated rings. The predicted molar refractivity (Wildman–Crippen MR) is 40.7 cm³/mol. The molecule has 0 amide bonds. The van der Waals surface area contributed by atoms with E-state index < -0.39 is 0 Å². The van der Waals surface area contributed by atoms with Gasteiger partial charge in [-0.25, -0.2) is 0 Å². The SMILES string of the molecule is C1=C[N+]2CSCCC2=N1. The van der Waals surface area contributed by atoms with E-state index in [1.807, 2.05) is 24.2 Å². The lowest BCUT2D eigenvalue weighted by molar-refractivity contribution is 0.824. The summed E-state index contributed by atoms with van der Waals surface area (Å²) in [5.74, 6) is 3.57. The van der Waals surface area contributed by atoms with E-state index in [2.05, 4.69) is 9.89 Å². The summed E-state index contributed by atoms with van der Waals surface area (Å²) < 4.78 is 0. The first-order valence-corrected chi connectivity index (χ1v) is 4.20. The fraction of sp³-hybridized carbons (Fsp3) is 0.500. The second kappa shape index (κ2) is 2.15. The zero-order chi connectivity index (χ0) is 6.10. The number of thioether (sulfide) groups is 1. The summed E-state index contributed by atoms with van der Waals surface area (Å²) in [5.41, 5.74) is 0. The molecule has 0 N–H and O–H groups in total. The van der Waals surface area contributed by atoms with E-state index in [0.29, 0.717) is 0 Å². The Labute approximate surface area is 58.6 Å². The Morgan fingerprint density at radius 1 is 1.67 bits per heavy atom. The fourth-order valence-corrected chi connectivity index (χ4v) is 1.90. The highest BCUT2D eigenvalue weighted by molar-refractivity contribution is 7.99. The summed E-state index contributed by atoms with van der Waals surface area (Å²) in [6.07, 6.45) is 5.06. The maximum Gasteiger partial charge on any atom is 0.258 e. The van der Waals surface area contributed by atoms with E-state index in [1.165, 1.54) is 11.6 Å². The van der Waals surface area contributed by atoms with Crippen LogP contribution in [-0.2, 0) is 0 Å². The molecule has 0 atom stereocenters. The third-order valence-electron chi connectivity index (χ3n) is 1.50. The van der Waals surface area contributed by atoms with Gasteiger partial charge in [0.1, 0.15) is 0 Å². The summed E-state index contributed by atoms with van der Waals surface area (Å²) in [4.78, 5) is 6.41. The summed E-state index contributed by atoms with van der Waals surface area (Å²) in [6.45, 7) is 0. The molecule has 2 aliphatic heterocycles. The van der Waals surface area contributed by atoms with Crippen LogP contribution in [0.25, 0.3) is 0 Å². The van der Waals surface area contributed by atoms with Crippen LogP contribution >= 0.6 is 11.8 Å². The Hall–Kier alpha value is -0.280. The molecule has 2 rings (SSSR count). The van der Waals surface area contributed by atoms with Crippen LogP contribution < -0.4 is 4.90 Å². The van der Waals surface area contributed by atoms with Crippen LogP contribution in [0.3, 0.4) is 0 Å². The van der Waals surface area contributed by atoms with Crippen LogP contribution in [0.4, 0.5) is 0 Å². The molecule has 0 spiro atoms. The smallest absolute Gasteiger partial charge is 0.198 e. The maximum absolute atomic E-state index is 4.21. The van der Waals surface area contributed by atoms with Crippen molar-refractivity contribution in [3.05, 3.63) is 12.4 Å². The Balaban J connectivity index is 2.16. The minimum atomic E-state index is 1.09. The van der Waals surface area contributed by atoms with Gasteiger partial charge in [-0.15, -0.1) is 0 Å². The molecule has 9 heavy (non-hydrogen) atoms. The third kappa shape index (κ3) is 0.904. The van der Waals surface area contributed by atoms with Crippen molar-refractivity contribution in [1.82, 2.24) is 4.90 Å². The molecule has 2 nitrogen and oxygen atoms in total. The van der Waals surface area contributed by atoms with Crippen molar-refractivity contribution < 1.29 is 0 Å². The number of hydrogen-bond donors (Lipinski definition) is 0. The minimum absolute atomic E-state index is 1.09. The van der Waals surface area contributed by atoms with Crippen LogP contribution in [0.1, 0.15) is 6.42 Å². The number of aliphatic imine (C=N–C) groups is 1. The molecule has 0 aliphatic carbocycles. The van der Waals surface area contributed by atoms with Gasteiger partial charge in [0.15, 0.2) is 12.1 Å². The Bertz CT molecular complexity index is 174. The average molecular weight is 140 g/mol. The Kier molecular flexibility index (Phi) is 1.32. The quantitative estimate of drug-likeness (QED) is 0.461. The zero-order valence-electron chi connectivity index (χ0n) is 5.08. The van der Waals surface area contributed by atoms with E-state index >= 15 is 0 Å². The van der Waals surface area contributed by atoms with Crippen molar-refractivity contribution in [3.8, 4) is 0 Å². The molecule has 0 bridgehead atoms. The van der Waals surface area contributed by atoms with E-state index in [4.69, 9.17) is 0 Å². The number of rotatable bonds is 0. The van der Waals surface area contributed by atoms with Crippen molar-refractivity contribution in [2.45, 2.75) is 6.42 Å². The first-order chi connectivity index (χ1) is 4.47. The van der Waals surface area contributed by atoms with Crippen molar-refractivity contribution in [2.24, 2.45) is 4.99 Å². The van der Waals surface area contributed by atoms with E-state index in [-0.39, 0.29) is 0 Å². The molecule has 2 aliphatic rings. The predicted octanol–water partition coefficient (Wildman–Crippen LogP) is 1.10. The van der Waals surface area contributed by atoms with E-state index in [1.54, 1.807) is 0 Å². The lowest BCUT2D eigenvalue weighted by Gasteiger charge is -2.09. The normalized spacial score (nSPS) is 26.0. The summed E-state index contributed by atoms with van der Waals surface area (Å²) in [7, 11) is 0. The van der Waals surface area contributed by atoms with Gasteiger partial charge < -0.3 is 0 Å². The van der Waals surface area contributed by atoms with Gasteiger partial charge in [-0.2, -0.15) is 4.99 Å². The molecule has 0 aromatic heterocycles. The van der Waals surface area contributed by atoms with Crippen molar-refractivity contribution in [3.63, 3.8) is 0 Å². The van der Waals surface area contributed by atoms with Crippen LogP contribution in [0.5, 0.6) is 0 Å². The van der Waals surface area contributed by atoms with Gasteiger partial charge >= 0.3 is 0 Å². The summed E-state index contributed by atoms with van der Waals surface area (Å²) >= 11 is 1.97. The third-order valence-corrected chi connectivity index (χ3v) is 2.46. The Morgan fingerprint density at radius 2 is 2.67 bits per heavy atom. The summed E-state index contributed by atoms with van der Waals surface area (Å²) in [5, 5.41) is 0. The molecular formula is C6H8N2S+. The molecule has 47 valence electrons. The molecule has 0 aromatic rings. The largest absolute Gasteiger partial charge is 0.258 e. The first kappa shape index (κ1) is 5.50. The van der Waals surface area contributed by atoms with Gasteiger partial charge in [0.05, 0.1) is 12.6 Å². The monoisotopic (exact) mass is 140 g/mol. The standard InChI is InChI=1S/C6H8N2S/c1-4-9-5-8-3-2-7-6(1)8/h2-3H,1,4-5H2/q+1. The molecule has 0 unspecified atom stereocenters. The van der Waals surface area contributed by atoms with Crippen molar-refractivity contribution >= 4 is 17.6 Å². The number of amidine groups is 1. The highest BCUT2D eigenvalue weighted by Crippen LogP contribution is 2.16. The van der Waals surface area contributed by atoms with E-state index in [0.717, 1.165) is 12.3 Å². The van der Waals surface area contributed by atoms with Gasteiger partial charge in [0.25, 0.3) is 5.84 Å². The van der Waals surface area contributed by atoms with Gasteiger partial charge in [-0.05, 0) is 0 Å². The van der Waals surface area contributed by atoms with Crippen LogP contribution in [0, 0.1) is 0 Å². The lowest BCUT2D eigenvalue weighted by Crippen LogP contribution is -2.32. The molecular weight excluding hydrogens is 132 g/mol. The lowest BCUT2D eigenvalue weighted by atomic mass is 10.4. The molecule has 0 aromatic carbocycles. The molecule has 1 saturated heterocycles. The second-order valence-corrected chi connectivity index (χ2v) is 3.18. The van der Waals surface area contributed by atoms with Gasteiger partial charge in [0.2, 0.25) is 0 Å². The van der Waals surface area contributed by atoms with Gasteiger partial charge in [-0.3, -0.25) is 0 Å². The van der Waals surface area contributed by atoms with Crippen LogP contribution in [-0.4, -0.2) is 17.5 Å². The molecule has 0 saturated carbocycles. The zero-order valence-corrected chi connectivity index (χ0v) is 5.90. The fourth-order valence-electron chi connectivity index (χ4n) is 1.01. The molecule has 2 heterocycles. The van der Waals surface area contributed by atoms with Crippen molar-refractivity contribution in [2.75, 3.05) is 11.6 Å². The minimum Gasteiger partial charge on any atom is -0.198 e. The second-order valence-electron chi connectivity index (χ2n) is 2.10. The van der Waals surface area contributed by atoms with E-state index in [9.17, 15) is 0 Å². The first-order valence-electron chi connectivity index (χ1n) is 3.04. The Morgan fingerprint density at radius 3 is 3.56 bits per heavy atom. The van der Waals surface area contributed by atoms with Crippen molar-refractivity contribution in [1.29, 1.82) is 0 Å². The summed E-state index contributed by atoms with van der Waals surface area (Å²) in [6, 6.07) is 0. The highest BCUT2D eigenvalue weighted by atomic mass is 32.2. The van der Waals surface area contributed by atoms with Crippen LogP contribution in [0.2, 0.25) is 0 Å². The average Bonchev–Trinajstić information content (AvgIpc) is 2.33. The highest BCUT2D eigenvalue weighted by Gasteiger charge is 2.28. The van der Waals surface area contributed by atoms with Gasteiger partial charge in [-0.1, -0.05) is 16.7 Å². The van der Waals surface area contributed by atoms with Crippen LogP contribution in [0.15, 0.2) is 17.4 Å². The number of nitrogens with zero attached hydrogens (tertiary/aromatic N) is 2. The molecule has 1 radical (unpaired) electrons. The number of fused-ring (bicyclic) bond motifs is 1. The molecule has 3 heteroatoms.